The van der Waals surface area contributed by atoms with Gasteiger partial charge in [-0.15, -0.1) is 0 Å². The van der Waals surface area contributed by atoms with Crippen LogP contribution in [0.2, 0.25) is 0 Å². The van der Waals surface area contributed by atoms with Crippen molar-refractivity contribution in [2.24, 2.45) is 0 Å². The van der Waals surface area contributed by atoms with Crippen LogP contribution in [0.1, 0.15) is 5.56 Å². The second-order valence-electron chi connectivity index (χ2n) is 6.42. The van der Waals surface area contributed by atoms with Crippen LogP contribution in [0.3, 0.4) is 0 Å². The number of methoxy groups -OCH3 is 2. The summed E-state index contributed by atoms with van der Waals surface area (Å²) >= 11 is 0. The number of nitrogens with zero attached hydrogens (tertiary/aromatic N) is 2. The normalized spacial score (nSPS) is 10.4. The zero-order chi connectivity index (χ0) is 20.6. The standard InChI is InChI=1S/C22H23N3O4/c1-28-18-7-3-16(4-8-18)11-12-23-21(26)14-25-15-24-20(13-22(25)27)17-5-9-19(29-2)10-6-17/h3-10,13,15H,11-12,14H2,1-2H3,(H,23,26). The van der Waals surface area contributed by atoms with Gasteiger partial charge in [0.05, 0.1) is 26.2 Å². The van der Waals surface area contributed by atoms with Gasteiger partial charge in [0.15, 0.2) is 0 Å². The minimum atomic E-state index is -0.281. The van der Waals surface area contributed by atoms with Gasteiger partial charge in [0, 0.05) is 18.2 Å². The predicted molar refractivity (Wildman–Crippen MR) is 110 cm³/mol. The molecule has 3 rings (SSSR count). The third kappa shape index (κ3) is 5.44. The number of carbonyl (C=O) groups is 1. The summed E-state index contributed by atoms with van der Waals surface area (Å²) in [6.07, 6.45) is 2.09. The molecule has 0 fully saturated rings. The van der Waals surface area contributed by atoms with E-state index in [4.69, 9.17) is 9.47 Å². The van der Waals surface area contributed by atoms with Gasteiger partial charge in [-0.05, 0) is 48.4 Å². The van der Waals surface area contributed by atoms with E-state index in [1.807, 2.05) is 36.4 Å². The van der Waals surface area contributed by atoms with Gasteiger partial charge < -0.3 is 14.8 Å². The molecular weight excluding hydrogens is 370 g/mol. The van der Waals surface area contributed by atoms with Crippen molar-refractivity contribution in [3.63, 3.8) is 0 Å². The Kier molecular flexibility index (Phi) is 6.63. The fourth-order valence-electron chi connectivity index (χ4n) is 2.81. The number of carbonyl (C=O) groups excluding carboxylic acids is 1. The molecular formula is C22H23N3O4. The minimum absolute atomic E-state index is 0.0721. The molecule has 1 N–H and O–H groups in total. The third-order valence-electron chi connectivity index (χ3n) is 4.47. The second kappa shape index (κ2) is 9.54. The monoisotopic (exact) mass is 393 g/mol. The number of amides is 1. The van der Waals surface area contributed by atoms with Gasteiger partial charge in [0.2, 0.25) is 5.91 Å². The van der Waals surface area contributed by atoms with Crippen LogP contribution in [0, 0.1) is 0 Å². The van der Waals surface area contributed by atoms with E-state index < -0.39 is 0 Å². The molecule has 1 heterocycles. The van der Waals surface area contributed by atoms with Gasteiger partial charge in [-0.3, -0.25) is 14.2 Å². The highest BCUT2D eigenvalue weighted by Crippen LogP contribution is 2.19. The number of aromatic nitrogens is 2. The van der Waals surface area contributed by atoms with Crippen molar-refractivity contribution in [3.05, 3.63) is 76.8 Å². The van der Waals surface area contributed by atoms with Crippen molar-refractivity contribution in [2.45, 2.75) is 13.0 Å². The predicted octanol–water partition coefficient (Wildman–Crippen LogP) is 2.29. The van der Waals surface area contributed by atoms with E-state index in [9.17, 15) is 9.59 Å². The van der Waals surface area contributed by atoms with E-state index in [0.29, 0.717) is 18.7 Å². The third-order valence-corrected chi connectivity index (χ3v) is 4.47. The molecule has 2 aromatic carbocycles. The second-order valence-corrected chi connectivity index (χ2v) is 6.42. The molecule has 0 radical (unpaired) electrons. The maximum Gasteiger partial charge on any atom is 0.254 e. The lowest BCUT2D eigenvalue weighted by Crippen LogP contribution is -2.33. The Labute approximate surface area is 168 Å². The van der Waals surface area contributed by atoms with Crippen molar-refractivity contribution < 1.29 is 14.3 Å². The van der Waals surface area contributed by atoms with Crippen LogP contribution in [0.5, 0.6) is 11.5 Å². The van der Waals surface area contributed by atoms with Gasteiger partial charge in [-0.1, -0.05) is 12.1 Å². The quantitative estimate of drug-likeness (QED) is 0.635. The molecule has 0 aliphatic heterocycles. The maximum absolute atomic E-state index is 12.3. The molecule has 3 aromatic rings. The number of rotatable bonds is 8. The Bertz CT molecular complexity index is 1010. The van der Waals surface area contributed by atoms with Gasteiger partial charge in [-0.2, -0.15) is 0 Å². The Balaban J connectivity index is 1.55. The molecule has 0 spiro atoms. The molecule has 0 aliphatic rings. The lowest BCUT2D eigenvalue weighted by Gasteiger charge is -2.09. The zero-order valence-electron chi connectivity index (χ0n) is 16.4. The van der Waals surface area contributed by atoms with Crippen molar-refractivity contribution in [2.75, 3.05) is 20.8 Å². The van der Waals surface area contributed by atoms with Gasteiger partial charge in [0.1, 0.15) is 18.0 Å². The molecule has 150 valence electrons. The van der Waals surface area contributed by atoms with Crippen LogP contribution in [0.4, 0.5) is 0 Å². The Morgan fingerprint density at radius 2 is 1.62 bits per heavy atom. The molecule has 0 unspecified atom stereocenters. The van der Waals surface area contributed by atoms with E-state index in [1.54, 1.807) is 26.4 Å². The van der Waals surface area contributed by atoms with E-state index >= 15 is 0 Å². The first kappa shape index (κ1) is 20.1. The highest BCUT2D eigenvalue weighted by atomic mass is 16.5. The summed E-state index contributed by atoms with van der Waals surface area (Å²) in [7, 11) is 3.21. The van der Waals surface area contributed by atoms with Gasteiger partial charge >= 0.3 is 0 Å². The summed E-state index contributed by atoms with van der Waals surface area (Å²) in [6, 6.07) is 16.4. The van der Waals surface area contributed by atoms with E-state index in [2.05, 4.69) is 10.3 Å². The number of benzene rings is 2. The Morgan fingerprint density at radius 1 is 1.00 bits per heavy atom. The molecule has 7 nitrogen and oxygen atoms in total. The number of ether oxygens (including phenoxy) is 2. The number of hydrogen-bond acceptors (Lipinski definition) is 5. The summed E-state index contributed by atoms with van der Waals surface area (Å²) in [5.74, 6) is 1.29. The van der Waals surface area contributed by atoms with Crippen LogP contribution in [0.25, 0.3) is 11.3 Å². The SMILES string of the molecule is COc1ccc(CCNC(=O)Cn2cnc(-c3ccc(OC)cc3)cc2=O)cc1. The molecule has 29 heavy (non-hydrogen) atoms. The molecule has 0 atom stereocenters. The summed E-state index contributed by atoms with van der Waals surface area (Å²) in [4.78, 5) is 28.8. The van der Waals surface area contributed by atoms with Crippen LogP contribution in [-0.4, -0.2) is 36.2 Å². The highest BCUT2D eigenvalue weighted by Gasteiger charge is 2.07. The molecule has 0 bridgehead atoms. The average Bonchev–Trinajstić information content (AvgIpc) is 2.75. The smallest absolute Gasteiger partial charge is 0.254 e. The van der Waals surface area contributed by atoms with E-state index in [1.165, 1.54) is 17.0 Å². The average molecular weight is 393 g/mol. The summed E-state index contributed by atoms with van der Waals surface area (Å²) in [6.45, 7) is 0.411. The van der Waals surface area contributed by atoms with E-state index in [-0.39, 0.29) is 18.0 Å². The molecule has 1 aromatic heterocycles. The largest absolute Gasteiger partial charge is 0.497 e. The minimum Gasteiger partial charge on any atom is -0.497 e. The molecule has 0 saturated carbocycles. The summed E-state index contributed by atoms with van der Waals surface area (Å²) in [5, 5.41) is 2.82. The molecule has 1 amide bonds. The molecule has 0 saturated heterocycles. The van der Waals surface area contributed by atoms with Crippen LogP contribution < -0.4 is 20.3 Å². The lowest BCUT2D eigenvalue weighted by molar-refractivity contribution is -0.121. The lowest BCUT2D eigenvalue weighted by atomic mass is 10.1. The topological polar surface area (TPSA) is 82.4 Å². The number of nitrogens with one attached hydrogen (secondary N) is 1. The first-order valence-electron chi connectivity index (χ1n) is 9.19. The van der Waals surface area contributed by atoms with Gasteiger partial charge in [0.25, 0.3) is 5.56 Å². The first-order valence-corrected chi connectivity index (χ1v) is 9.19. The zero-order valence-corrected chi connectivity index (χ0v) is 16.4. The fourth-order valence-corrected chi connectivity index (χ4v) is 2.81. The van der Waals surface area contributed by atoms with Crippen LogP contribution in [0.15, 0.2) is 65.7 Å². The van der Waals surface area contributed by atoms with Crippen molar-refractivity contribution >= 4 is 5.91 Å². The van der Waals surface area contributed by atoms with Crippen LogP contribution in [-0.2, 0) is 17.8 Å². The maximum atomic E-state index is 12.3. The first-order chi connectivity index (χ1) is 14.1. The summed E-state index contributed by atoms with van der Waals surface area (Å²) < 4.78 is 11.5. The van der Waals surface area contributed by atoms with Crippen molar-refractivity contribution in [1.82, 2.24) is 14.9 Å². The molecule has 0 aliphatic carbocycles. The Morgan fingerprint density at radius 3 is 2.21 bits per heavy atom. The Hall–Kier alpha value is -3.61. The van der Waals surface area contributed by atoms with E-state index in [0.717, 1.165) is 22.6 Å². The van der Waals surface area contributed by atoms with Crippen molar-refractivity contribution in [3.8, 4) is 22.8 Å². The van der Waals surface area contributed by atoms with Crippen LogP contribution >= 0.6 is 0 Å². The fraction of sp³-hybridized carbons (Fsp3) is 0.227. The highest BCUT2D eigenvalue weighted by molar-refractivity contribution is 5.75. The number of hydrogen-bond donors (Lipinski definition) is 1. The van der Waals surface area contributed by atoms with Crippen molar-refractivity contribution in [1.29, 1.82) is 0 Å². The molecule has 7 heteroatoms. The van der Waals surface area contributed by atoms with Gasteiger partial charge in [-0.25, -0.2) is 4.98 Å². The summed E-state index contributed by atoms with van der Waals surface area (Å²) in [5.41, 5.74) is 2.16.